The number of rotatable bonds is 3. The van der Waals surface area contributed by atoms with Crippen LogP contribution in [0.1, 0.15) is 18.3 Å². The molecule has 92 valence electrons. The van der Waals surface area contributed by atoms with Gasteiger partial charge < -0.3 is 0 Å². The van der Waals surface area contributed by atoms with Gasteiger partial charge >= 0.3 is 0 Å². The van der Waals surface area contributed by atoms with Gasteiger partial charge in [-0.05, 0) is 38.3 Å². The molecule has 2 rings (SSSR count). The van der Waals surface area contributed by atoms with Crippen LogP contribution in [0.2, 0.25) is 5.02 Å². The maximum absolute atomic E-state index is 6.29. The van der Waals surface area contributed by atoms with Crippen molar-refractivity contribution in [3.8, 4) is 0 Å². The van der Waals surface area contributed by atoms with Crippen molar-refractivity contribution in [1.82, 2.24) is 19.6 Å². The summed E-state index contributed by atoms with van der Waals surface area (Å²) in [4.78, 5) is 0. The number of aromatic nitrogens is 4. The lowest BCUT2D eigenvalue weighted by Gasteiger charge is -2.04. The highest BCUT2D eigenvalue weighted by Gasteiger charge is 2.15. The molecule has 0 amide bonds. The quantitative estimate of drug-likeness (QED) is 0.816. The number of nitrogens with zero attached hydrogens (tertiary/aromatic N) is 4. The average molecular weight is 382 g/mol. The van der Waals surface area contributed by atoms with Crippen molar-refractivity contribution >= 4 is 43.5 Å². The predicted molar refractivity (Wildman–Crippen MR) is 74.3 cm³/mol. The number of halogens is 3. The Morgan fingerprint density at radius 1 is 1.35 bits per heavy atom. The molecule has 17 heavy (non-hydrogen) atoms. The third kappa shape index (κ3) is 2.58. The van der Waals surface area contributed by atoms with Gasteiger partial charge in [0.25, 0.3) is 0 Å². The van der Waals surface area contributed by atoms with Gasteiger partial charge in [0, 0.05) is 13.1 Å². The number of hydrogen-bond acceptors (Lipinski definition) is 2. The lowest BCUT2D eigenvalue weighted by Crippen LogP contribution is -2.07. The molecule has 0 aliphatic carbocycles. The maximum atomic E-state index is 6.29. The van der Waals surface area contributed by atoms with E-state index in [9.17, 15) is 0 Å². The summed E-state index contributed by atoms with van der Waals surface area (Å²) in [7, 11) is 1.90. The van der Waals surface area contributed by atoms with E-state index in [1.807, 2.05) is 29.4 Å². The van der Waals surface area contributed by atoms with Crippen molar-refractivity contribution < 1.29 is 0 Å². The summed E-state index contributed by atoms with van der Waals surface area (Å²) in [5.74, 6) is 0. The zero-order valence-corrected chi connectivity index (χ0v) is 13.3. The summed E-state index contributed by atoms with van der Waals surface area (Å²) in [6, 6.07) is 1.89. The first kappa shape index (κ1) is 13.1. The molecule has 4 nitrogen and oxygen atoms in total. The Kier molecular flexibility index (Phi) is 3.95. The molecule has 0 fully saturated rings. The third-order valence-corrected chi connectivity index (χ3v) is 3.97. The van der Waals surface area contributed by atoms with Crippen molar-refractivity contribution in [1.29, 1.82) is 0 Å². The predicted octanol–water partition coefficient (Wildman–Crippen LogP) is 3.41. The van der Waals surface area contributed by atoms with Gasteiger partial charge in [-0.2, -0.15) is 10.2 Å². The number of hydrogen-bond donors (Lipinski definition) is 0. The van der Waals surface area contributed by atoms with E-state index < -0.39 is 0 Å². The van der Waals surface area contributed by atoms with Crippen LogP contribution >= 0.6 is 43.5 Å². The van der Waals surface area contributed by atoms with E-state index in [1.54, 1.807) is 0 Å². The normalized spacial score (nSPS) is 11.1. The second-order valence-electron chi connectivity index (χ2n) is 3.63. The molecule has 0 saturated carbocycles. The average Bonchev–Trinajstić information content (AvgIpc) is 2.72. The molecule has 0 atom stereocenters. The van der Waals surface area contributed by atoms with Crippen LogP contribution in [-0.4, -0.2) is 19.6 Å². The highest BCUT2D eigenvalue weighted by Crippen LogP contribution is 2.24. The van der Waals surface area contributed by atoms with Crippen molar-refractivity contribution in [3.63, 3.8) is 0 Å². The minimum Gasteiger partial charge on any atom is -0.269 e. The fourth-order valence-corrected chi connectivity index (χ4v) is 3.10. The molecule has 2 heterocycles. The van der Waals surface area contributed by atoms with Crippen LogP contribution in [0.15, 0.2) is 15.3 Å². The van der Waals surface area contributed by atoms with Crippen LogP contribution in [0, 0.1) is 0 Å². The van der Waals surface area contributed by atoms with Crippen LogP contribution in [0.25, 0.3) is 0 Å². The molecule has 2 aromatic rings. The molecule has 0 aliphatic rings. The summed E-state index contributed by atoms with van der Waals surface area (Å²) < 4.78 is 5.33. The van der Waals surface area contributed by atoms with Gasteiger partial charge in [0.15, 0.2) is 0 Å². The second-order valence-corrected chi connectivity index (χ2v) is 5.63. The Morgan fingerprint density at radius 2 is 2.06 bits per heavy atom. The fourth-order valence-electron chi connectivity index (χ4n) is 1.61. The summed E-state index contributed by atoms with van der Waals surface area (Å²) in [5.41, 5.74) is 1.88. The van der Waals surface area contributed by atoms with Crippen LogP contribution in [0.3, 0.4) is 0 Å². The minimum atomic E-state index is 0.592. The Balaban J connectivity index is 2.36. The van der Waals surface area contributed by atoms with Crippen LogP contribution in [0.5, 0.6) is 0 Å². The monoisotopic (exact) mass is 380 g/mol. The molecular weight excluding hydrogens is 371 g/mol. The maximum Gasteiger partial charge on any atom is 0.129 e. The first-order valence-electron chi connectivity index (χ1n) is 5.12. The van der Waals surface area contributed by atoms with Gasteiger partial charge in [0.1, 0.15) is 9.21 Å². The van der Waals surface area contributed by atoms with E-state index in [1.165, 1.54) is 0 Å². The van der Waals surface area contributed by atoms with E-state index in [0.717, 1.165) is 32.0 Å². The lowest BCUT2D eigenvalue weighted by atomic mass is 10.3. The lowest BCUT2D eigenvalue weighted by molar-refractivity contribution is 0.607. The number of aryl methyl sites for hydroxylation is 2. The molecule has 0 aromatic carbocycles. The Hall–Kier alpha value is -0.330. The third-order valence-electron chi connectivity index (χ3n) is 2.50. The Morgan fingerprint density at radius 3 is 2.53 bits per heavy atom. The Labute approximate surface area is 121 Å². The molecule has 0 spiro atoms. The SMILES string of the molecule is CCc1nn(C)c(Cn2nc(Br)cc2Br)c1Cl. The van der Waals surface area contributed by atoms with E-state index in [4.69, 9.17) is 11.6 Å². The first-order chi connectivity index (χ1) is 8.02. The van der Waals surface area contributed by atoms with Crippen molar-refractivity contribution in [2.75, 3.05) is 0 Å². The summed E-state index contributed by atoms with van der Waals surface area (Å²) in [6.07, 6.45) is 0.830. The molecule has 0 N–H and O–H groups in total. The molecular formula is C10H11Br2ClN4. The van der Waals surface area contributed by atoms with Gasteiger partial charge in [0.05, 0.1) is 23.0 Å². The molecule has 0 bridgehead atoms. The van der Waals surface area contributed by atoms with Gasteiger partial charge in [-0.25, -0.2) is 0 Å². The molecule has 2 aromatic heterocycles. The molecule has 0 radical (unpaired) electrons. The van der Waals surface area contributed by atoms with Crippen molar-refractivity contribution in [2.45, 2.75) is 19.9 Å². The van der Waals surface area contributed by atoms with Crippen molar-refractivity contribution in [3.05, 3.63) is 31.7 Å². The zero-order chi connectivity index (χ0) is 12.6. The zero-order valence-electron chi connectivity index (χ0n) is 9.41. The molecule has 0 aliphatic heterocycles. The van der Waals surface area contributed by atoms with E-state index in [2.05, 4.69) is 42.1 Å². The van der Waals surface area contributed by atoms with Crippen LogP contribution in [-0.2, 0) is 20.0 Å². The standard InChI is InChI=1S/C10H11Br2ClN4/c1-3-6-10(13)7(16(2)14-6)5-17-9(12)4-8(11)15-17/h4H,3,5H2,1-2H3. The second kappa shape index (κ2) is 5.12. The fraction of sp³-hybridized carbons (Fsp3) is 0.400. The summed E-state index contributed by atoms with van der Waals surface area (Å²) >= 11 is 13.1. The van der Waals surface area contributed by atoms with Crippen LogP contribution < -0.4 is 0 Å². The highest BCUT2D eigenvalue weighted by molar-refractivity contribution is 9.11. The first-order valence-corrected chi connectivity index (χ1v) is 7.08. The Bertz CT molecular complexity index is 547. The smallest absolute Gasteiger partial charge is 0.129 e. The van der Waals surface area contributed by atoms with Crippen LogP contribution in [0.4, 0.5) is 0 Å². The minimum absolute atomic E-state index is 0.592. The molecule has 0 unspecified atom stereocenters. The van der Waals surface area contributed by atoms with Gasteiger partial charge in [-0.1, -0.05) is 18.5 Å². The van der Waals surface area contributed by atoms with E-state index in [-0.39, 0.29) is 0 Å². The van der Waals surface area contributed by atoms with Crippen molar-refractivity contribution in [2.24, 2.45) is 7.05 Å². The summed E-state index contributed by atoms with van der Waals surface area (Å²) in [6.45, 7) is 2.63. The topological polar surface area (TPSA) is 35.6 Å². The van der Waals surface area contributed by atoms with E-state index in [0.29, 0.717) is 6.54 Å². The van der Waals surface area contributed by atoms with Gasteiger partial charge in [-0.15, -0.1) is 0 Å². The molecule has 7 heteroatoms. The summed E-state index contributed by atoms with van der Waals surface area (Å²) in [5, 5.41) is 9.42. The molecule has 0 saturated heterocycles. The van der Waals surface area contributed by atoms with E-state index >= 15 is 0 Å². The highest BCUT2D eigenvalue weighted by atomic mass is 79.9. The van der Waals surface area contributed by atoms with Gasteiger partial charge in [-0.3, -0.25) is 9.36 Å². The largest absolute Gasteiger partial charge is 0.269 e. The van der Waals surface area contributed by atoms with Gasteiger partial charge in [0.2, 0.25) is 0 Å².